The lowest BCUT2D eigenvalue weighted by atomic mass is 10.0. The molecule has 1 rings (SSSR count). The number of nitrogens with zero attached hydrogens (tertiary/aromatic N) is 2. The molecule has 5 nitrogen and oxygen atoms in total. The first-order valence-corrected chi connectivity index (χ1v) is 6.39. The zero-order chi connectivity index (χ0) is 13.7. The van der Waals surface area contributed by atoms with Gasteiger partial charge in [0.2, 0.25) is 0 Å². The minimum absolute atomic E-state index is 0.165. The van der Waals surface area contributed by atoms with Crippen molar-refractivity contribution in [1.82, 2.24) is 9.78 Å². The second kappa shape index (κ2) is 6.75. The van der Waals surface area contributed by atoms with Crippen molar-refractivity contribution in [1.29, 1.82) is 0 Å². The van der Waals surface area contributed by atoms with Gasteiger partial charge in [0.05, 0.1) is 19.4 Å². The molecule has 0 fully saturated rings. The molecule has 0 radical (unpaired) electrons. The molecule has 1 heterocycles. The Kier molecular flexibility index (Phi) is 5.62. The first-order chi connectivity index (χ1) is 8.56. The van der Waals surface area contributed by atoms with E-state index in [1.54, 1.807) is 25.1 Å². The number of aromatic nitrogens is 2. The molecule has 0 aliphatic carbocycles. The Morgan fingerprint density at radius 2 is 2.06 bits per heavy atom. The summed E-state index contributed by atoms with van der Waals surface area (Å²) >= 11 is 0. The monoisotopic (exact) mass is 256 g/mol. The van der Waals surface area contributed by atoms with Gasteiger partial charge in [0.25, 0.3) is 0 Å². The third-order valence-corrected chi connectivity index (χ3v) is 3.02. The molecular weight excluding hydrogens is 232 g/mol. The van der Waals surface area contributed by atoms with Gasteiger partial charge in [0.15, 0.2) is 5.75 Å². The lowest BCUT2D eigenvalue weighted by molar-refractivity contribution is -0.0235. The van der Waals surface area contributed by atoms with Crippen LogP contribution in [0.1, 0.15) is 51.5 Å². The molecule has 0 aliphatic rings. The van der Waals surface area contributed by atoms with Crippen LogP contribution in [-0.4, -0.2) is 35.2 Å². The van der Waals surface area contributed by atoms with Gasteiger partial charge in [0.1, 0.15) is 11.8 Å². The predicted octanol–water partition coefficient (Wildman–Crippen LogP) is 2.32. The molecule has 1 aromatic rings. The van der Waals surface area contributed by atoms with Crippen molar-refractivity contribution in [3.8, 4) is 5.75 Å². The average Bonchev–Trinajstić information content (AvgIpc) is 2.78. The van der Waals surface area contributed by atoms with E-state index in [4.69, 9.17) is 9.47 Å². The molecule has 1 aromatic heterocycles. The van der Waals surface area contributed by atoms with Gasteiger partial charge in [-0.25, -0.2) is 0 Å². The van der Waals surface area contributed by atoms with E-state index in [1.165, 1.54) is 0 Å². The lowest BCUT2D eigenvalue weighted by Crippen LogP contribution is -2.24. The van der Waals surface area contributed by atoms with E-state index >= 15 is 0 Å². The molecule has 5 heteroatoms. The zero-order valence-electron chi connectivity index (χ0n) is 11.9. The Bertz CT molecular complexity index is 363. The molecule has 1 N–H and O–H groups in total. The van der Waals surface area contributed by atoms with Gasteiger partial charge in [-0.15, -0.1) is 0 Å². The lowest BCUT2D eigenvalue weighted by Gasteiger charge is -2.23. The molecule has 2 atom stereocenters. The fraction of sp³-hybridized carbons (Fsp3) is 0.769. The highest BCUT2D eigenvalue weighted by Gasteiger charge is 2.28. The molecule has 2 unspecified atom stereocenters. The highest BCUT2D eigenvalue weighted by atomic mass is 16.5. The van der Waals surface area contributed by atoms with E-state index in [9.17, 15) is 5.11 Å². The third kappa shape index (κ3) is 3.03. The van der Waals surface area contributed by atoms with Crippen LogP contribution in [0.15, 0.2) is 6.20 Å². The van der Waals surface area contributed by atoms with Crippen LogP contribution in [0, 0.1) is 0 Å². The Morgan fingerprint density at radius 1 is 1.39 bits per heavy atom. The Labute approximate surface area is 109 Å². The Balaban J connectivity index is 3.08. The molecule has 0 spiro atoms. The number of ether oxygens (including phenoxy) is 2. The summed E-state index contributed by atoms with van der Waals surface area (Å²) in [4.78, 5) is 0. The summed E-state index contributed by atoms with van der Waals surface area (Å²) < 4.78 is 12.4. The number of methoxy groups -OCH3 is 2. The van der Waals surface area contributed by atoms with Crippen molar-refractivity contribution >= 4 is 0 Å². The number of hydrogen-bond donors (Lipinski definition) is 1. The van der Waals surface area contributed by atoms with Crippen molar-refractivity contribution in [2.24, 2.45) is 0 Å². The predicted molar refractivity (Wildman–Crippen MR) is 69.8 cm³/mol. The topological polar surface area (TPSA) is 56.5 Å². The highest BCUT2D eigenvalue weighted by molar-refractivity contribution is 5.28. The van der Waals surface area contributed by atoms with Crippen LogP contribution in [0.25, 0.3) is 0 Å². The van der Waals surface area contributed by atoms with Crippen molar-refractivity contribution < 1.29 is 14.6 Å². The summed E-state index contributed by atoms with van der Waals surface area (Å²) in [6.07, 6.45) is 2.42. The van der Waals surface area contributed by atoms with Gasteiger partial charge in [-0.1, -0.05) is 13.3 Å². The smallest absolute Gasteiger partial charge is 0.162 e. The van der Waals surface area contributed by atoms with Crippen LogP contribution in [-0.2, 0) is 4.74 Å². The minimum Gasteiger partial charge on any atom is -0.493 e. The van der Waals surface area contributed by atoms with Gasteiger partial charge in [-0.2, -0.15) is 5.10 Å². The molecule has 0 saturated heterocycles. The normalized spacial score (nSPS) is 14.8. The maximum absolute atomic E-state index is 10.5. The Morgan fingerprint density at radius 3 is 2.50 bits per heavy atom. The fourth-order valence-electron chi connectivity index (χ4n) is 2.07. The first-order valence-electron chi connectivity index (χ1n) is 6.39. The van der Waals surface area contributed by atoms with Gasteiger partial charge in [-0.05, 0) is 20.3 Å². The first kappa shape index (κ1) is 15.0. The van der Waals surface area contributed by atoms with E-state index in [1.807, 2.05) is 13.8 Å². The van der Waals surface area contributed by atoms with Gasteiger partial charge < -0.3 is 14.6 Å². The number of rotatable bonds is 7. The van der Waals surface area contributed by atoms with Crippen LogP contribution in [0.5, 0.6) is 5.75 Å². The molecule has 18 heavy (non-hydrogen) atoms. The molecule has 0 aliphatic heterocycles. The van der Waals surface area contributed by atoms with Crippen molar-refractivity contribution in [3.63, 3.8) is 0 Å². The van der Waals surface area contributed by atoms with Crippen molar-refractivity contribution in [2.75, 3.05) is 14.2 Å². The summed E-state index contributed by atoms with van der Waals surface area (Å²) in [6, 6.07) is 0.165. The summed E-state index contributed by atoms with van der Waals surface area (Å²) in [6.45, 7) is 6.10. The number of aliphatic hydroxyl groups excluding tert-OH is 1. The van der Waals surface area contributed by atoms with Gasteiger partial charge in [-0.3, -0.25) is 4.68 Å². The van der Waals surface area contributed by atoms with Crippen LogP contribution in [0.4, 0.5) is 0 Å². The number of hydrogen-bond acceptors (Lipinski definition) is 4. The van der Waals surface area contributed by atoms with Gasteiger partial charge >= 0.3 is 0 Å². The molecule has 0 bridgehead atoms. The number of aliphatic hydroxyl groups is 1. The van der Waals surface area contributed by atoms with Crippen molar-refractivity contribution in [2.45, 2.75) is 51.9 Å². The second-order valence-electron chi connectivity index (χ2n) is 4.64. The summed E-state index contributed by atoms with van der Waals surface area (Å²) in [5, 5.41) is 14.7. The largest absolute Gasteiger partial charge is 0.493 e. The van der Waals surface area contributed by atoms with E-state index < -0.39 is 6.10 Å². The highest BCUT2D eigenvalue weighted by Crippen LogP contribution is 2.31. The van der Waals surface area contributed by atoms with E-state index in [0.29, 0.717) is 11.4 Å². The summed E-state index contributed by atoms with van der Waals surface area (Å²) in [5.41, 5.74) is 0.688. The SMILES string of the molecule is CCCC(OC)C(O)c1c(OC)cnn1C(C)C. The molecule has 104 valence electrons. The van der Waals surface area contributed by atoms with Crippen LogP contribution >= 0.6 is 0 Å². The average molecular weight is 256 g/mol. The summed E-state index contributed by atoms with van der Waals surface area (Å²) in [5.74, 6) is 0.606. The maximum Gasteiger partial charge on any atom is 0.162 e. The maximum atomic E-state index is 10.5. The standard InChI is InChI=1S/C13H24N2O3/c1-6-7-10(17-4)13(16)12-11(18-5)8-14-15(12)9(2)3/h8-10,13,16H,6-7H2,1-5H3. The summed E-state index contributed by atoms with van der Waals surface area (Å²) in [7, 11) is 3.20. The minimum atomic E-state index is -0.727. The second-order valence-corrected chi connectivity index (χ2v) is 4.64. The molecule has 0 saturated carbocycles. The van der Waals surface area contributed by atoms with E-state index in [-0.39, 0.29) is 12.1 Å². The van der Waals surface area contributed by atoms with E-state index in [2.05, 4.69) is 12.0 Å². The van der Waals surface area contributed by atoms with Crippen molar-refractivity contribution in [3.05, 3.63) is 11.9 Å². The third-order valence-electron chi connectivity index (χ3n) is 3.02. The Hall–Kier alpha value is -1.07. The molecule has 0 aromatic carbocycles. The fourth-order valence-corrected chi connectivity index (χ4v) is 2.07. The van der Waals surface area contributed by atoms with Gasteiger partial charge in [0, 0.05) is 13.2 Å². The van der Waals surface area contributed by atoms with E-state index in [0.717, 1.165) is 12.8 Å². The van der Waals surface area contributed by atoms with Crippen LogP contribution in [0.2, 0.25) is 0 Å². The molecular formula is C13H24N2O3. The van der Waals surface area contributed by atoms with Crippen LogP contribution < -0.4 is 4.74 Å². The molecule has 0 amide bonds. The van der Waals surface area contributed by atoms with Crippen LogP contribution in [0.3, 0.4) is 0 Å². The quantitative estimate of drug-likeness (QED) is 0.813. The zero-order valence-corrected chi connectivity index (χ0v) is 11.9.